The van der Waals surface area contributed by atoms with E-state index in [1.54, 1.807) is 0 Å². The van der Waals surface area contributed by atoms with Gasteiger partial charge in [-0.1, -0.05) is 19.4 Å². The molecule has 5 nitrogen and oxygen atoms in total. The molecule has 1 heterocycles. The summed E-state index contributed by atoms with van der Waals surface area (Å²) >= 11 is 0. The highest BCUT2D eigenvalue weighted by atomic mass is 32.2. The molecule has 1 aromatic rings. The van der Waals surface area contributed by atoms with Crippen LogP contribution in [0.15, 0.2) is 24.5 Å². The number of pyridine rings is 1. The minimum absolute atomic E-state index is 0.0961. The van der Waals surface area contributed by atoms with Gasteiger partial charge in [-0.3, -0.25) is 9.54 Å². The number of aliphatic hydroxyl groups excluding tert-OH is 1. The van der Waals surface area contributed by atoms with Crippen molar-refractivity contribution in [3.05, 3.63) is 30.1 Å². The Morgan fingerprint density at radius 3 is 2.44 bits per heavy atom. The lowest BCUT2D eigenvalue weighted by Gasteiger charge is -1.95. The molecule has 0 atom stereocenters. The Balaban J connectivity index is 0.000000331. The summed E-state index contributed by atoms with van der Waals surface area (Å²) in [7, 11) is -3.85. The molecule has 1 aromatic heterocycles. The summed E-state index contributed by atoms with van der Waals surface area (Å²) in [6.45, 7) is 2.00. The number of aliphatic hydroxyl groups is 1. The van der Waals surface area contributed by atoms with Crippen molar-refractivity contribution in [1.82, 2.24) is 4.98 Å². The largest absolute Gasteiger partial charge is 0.396 e. The second kappa shape index (κ2) is 9.99. The van der Waals surface area contributed by atoms with Crippen molar-refractivity contribution in [2.75, 3.05) is 12.4 Å². The predicted octanol–water partition coefficient (Wildman–Crippen LogP) is 1.68. The normalized spacial score (nSPS) is 10.6. The zero-order valence-electron chi connectivity index (χ0n) is 10.6. The van der Waals surface area contributed by atoms with Crippen LogP contribution < -0.4 is 0 Å². The van der Waals surface area contributed by atoms with Crippen LogP contribution in [-0.4, -0.2) is 35.4 Å². The zero-order valence-corrected chi connectivity index (χ0v) is 11.4. The number of aromatic nitrogens is 1. The van der Waals surface area contributed by atoms with Crippen molar-refractivity contribution in [3.63, 3.8) is 0 Å². The molecule has 0 aliphatic rings. The zero-order chi connectivity index (χ0) is 13.9. The third-order valence-corrected chi connectivity index (χ3v) is 2.91. The van der Waals surface area contributed by atoms with Gasteiger partial charge in [-0.05, 0) is 30.9 Å². The average Bonchev–Trinajstić information content (AvgIpc) is 2.35. The summed E-state index contributed by atoms with van der Waals surface area (Å²) in [5, 5.41) is 8.05. The molecule has 0 spiro atoms. The third-order valence-electron chi connectivity index (χ3n) is 2.10. The van der Waals surface area contributed by atoms with Crippen LogP contribution in [-0.2, 0) is 16.5 Å². The SMILES string of the molecule is CCCCc1cccnc1.O=S(=O)(O)CCCO. The highest BCUT2D eigenvalue weighted by molar-refractivity contribution is 7.85. The summed E-state index contributed by atoms with van der Waals surface area (Å²) in [5.41, 5.74) is 1.35. The Hall–Kier alpha value is -0.980. The van der Waals surface area contributed by atoms with E-state index in [0.717, 1.165) is 0 Å². The standard InChI is InChI=1S/C9H13N.C3H8O4S/c1-2-3-5-9-6-4-7-10-8-9;4-2-1-3-8(5,6)7/h4,6-8H,2-3,5H2,1H3;4H,1-3H2,(H,5,6,7). The van der Waals surface area contributed by atoms with Crippen LogP contribution in [0.3, 0.4) is 0 Å². The lowest BCUT2D eigenvalue weighted by Crippen LogP contribution is -2.04. The van der Waals surface area contributed by atoms with Crippen LogP contribution in [0.2, 0.25) is 0 Å². The van der Waals surface area contributed by atoms with Gasteiger partial charge in [0, 0.05) is 19.0 Å². The van der Waals surface area contributed by atoms with E-state index in [1.807, 2.05) is 18.5 Å². The third kappa shape index (κ3) is 11.5. The Labute approximate surface area is 109 Å². The summed E-state index contributed by atoms with van der Waals surface area (Å²) in [6.07, 6.45) is 7.55. The molecule has 0 aromatic carbocycles. The van der Waals surface area contributed by atoms with Gasteiger partial charge in [-0.25, -0.2) is 0 Å². The van der Waals surface area contributed by atoms with E-state index in [1.165, 1.54) is 24.8 Å². The van der Waals surface area contributed by atoms with Gasteiger partial charge in [-0.2, -0.15) is 8.42 Å². The van der Waals surface area contributed by atoms with Crippen molar-refractivity contribution < 1.29 is 18.1 Å². The fraction of sp³-hybridized carbons (Fsp3) is 0.583. The molecule has 18 heavy (non-hydrogen) atoms. The van der Waals surface area contributed by atoms with E-state index in [2.05, 4.69) is 18.0 Å². The maximum atomic E-state index is 9.83. The second-order valence-electron chi connectivity index (χ2n) is 3.83. The van der Waals surface area contributed by atoms with Gasteiger partial charge in [0.1, 0.15) is 0 Å². The van der Waals surface area contributed by atoms with Crippen molar-refractivity contribution in [1.29, 1.82) is 0 Å². The molecule has 0 unspecified atom stereocenters. The summed E-state index contributed by atoms with van der Waals surface area (Å²) < 4.78 is 27.7. The molecule has 0 fully saturated rings. The number of hydrogen-bond acceptors (Lipinski definition) is 4. The second-order valence-corrected chi connectivity index (χ2v) is 5.40. The monoisotopic (exact) mass is 275 g/mol. The van der Waals surface area contributed by atoms with Gasteiger partial charge in [-0.15, -0.1) is 0 Å². The molecule has 6 heteroatoms. The van der Waals surface area contributed by atoms with Gasteiger partial charge >= 0.3 is 0 Å². The lowest BCUT2D eigenvalue weighted by atomic mass is 10.1. The fourth-order valence-electron chi connectivity index (χ4n) is 1.17. The molecular formula is C12H21NO4S. The number of nitrogens with zero attached hydrogens (tertiary/aromatic N) is 1. The molecule has 0 bridgehead atoms. The van der Waals surface area contributed by atoms with E-state index in [4.69, 9.17) is 9.66 Å². The molecule has 0 saturated heterocycles. The first-order valence-electron chi connectivity index (χ1n) is 5.94. The van der Waals surface area contributed by atoms with E-state index in [0.29, 0.717) is 0 Å². The van der Waals surface area contributed by atoms with Crippen LogP contribution in [0.5, 0.6) is 0 Å². The molecule has 0 aliphatic heterocycles. The Morgan fingerprint density at radius 1 is 1.33 bits per heavy atom. The Kier molecular flexibility index (Phi) is 9.45. The van der Waals surface area contributed by atoms with E-state index in [9.17, 15) is 8.42 Å². The maximum absolute atomic E-state index is 9.83. The van der Waals surface area contributed by atoms with Gasteiger partial charge < -0.3 is 5.11 Å². The highest BCUT2D eigenvalue weighted by Gasteiger charge is 2.00. The Morgan fingerprint density at radius 2 is 2.06 bits per heavy atom. The molecule has 0 amide bonds. The first-order valence-corrected chi connectivity index (χ1v) is 7.55. The topological polar surface area (TPSA) is 87.5 Å². The predicted molar refractivity (Wildman–Crippen MR) is 71.0 cm³/mol. The number of unbranched alkanes of at least 4 members (excludes halogenated alkanes) is 1. The van der Waals surface area contributed by atoms with E-state index in [-0.39, 0.29) is 18.8 Å². The van der Waals surface area contributed by atoms with Gasteiger partial charge in [0.15, 0.2) is 0 Å². The lowest BCUT2D eigenvalue weighted by molar-refractivity contribution is 0.294. The summed E-state index contributed by atoms with van der Waals surface area (Å²) in [5.74, 6) is -0.358. The summed E-state index contributed by atoms with van der Waals surface area (Å²) in [4.78, 5) is 4.04. The van der Waals surface area contributed by atoms with E-state index >= 15 is 0 Å². The highest BCUT2D eigenvalue weighted by Crippen LogP contribution is 2.01. The van der Waals surface area contributed by atoms with Crippen LogP contribution in [0.25, 0.3) is 0 Å². The van der Waals surface area contributed by atoms with Gasteiger partial charge in [0.25, 0.3) is 10.1 Å². The quantitative estimate of drug-likeness (QED) is 0.771. The summed E-state index contributed by atoms with van der Waals surface area (Å²) in [6, 6.07) is 4.12. The molecule has 0 aliphatic carbocycles. The van der Waals surface area contributed by atoms with Crippen LogP contribution >= 0.6 is 0 Å². The minimum Gasteiger partial charge on any atom is -0.396 e. The minimum atomic E-state index is -3.85. The van der Waals surface area contributed by atoms with Crippen LogP contribution in [0.4, 0.5) is 0 Å². The number of rotatable bonds is 6. The molecule has 0 saturated carbocycles. The first-order chi connectivity index (χ1) is 8.49. The van der Waals surface area contributed by atoms with Crippen molar-refractivity contribution >= 4 is 10.1 Å². The maximum Gasteiger partial charge on any atom is 0.264 e. The van der Waals surface area contributed by atoms with Gasteiger partial charge in [0.2, 0.25) is 0 Å². The number of hydrogen-bond donors (Lipinski definition) is 2. The van der Waals surface area contributed by atoms with Crippen LogP contribution in [0, 0.1) is 0 Å². The first kappa shape index (κ1) is 17.0. The molecule has 0 radical (unpaired) electrons. The molecule has 104 valence electrons. The number of aryl methyl sites for hydroxylation is 1. The molecule has 2 N–H and O–H groups in total. The fourth-order valence-corrected chi connectivity index (χ4v) is 1.67. The molecule has 1 rings (SSSR count). The van der Waals surface area contributed by atoms with Crippen molar-refractivity contribution in [2.45, 2.75) is 32.6 Å². The van der Waals surface area contributed by atoms with E-state index < -0.39 is 10.1 Å². The average molecular weight is 275 g/mol. The smallest absolute Gasteiger partial charge is 0.264 e. The van der Waals surface area contributed by atoms with Crippen LogP contribution in [0.1, 0.15) is 31.7 Å². The van der Waals surface area contributed by atoms with Crippen molar-refractivity contribution in [3.8, 4) is 0 Å². The Bertz CT molecular complexity index is 392. The molecular weight excluding hydrogens is 254 g/mol. The van der Waals surface area contributed by atoms with Crippen molar-refractivity contribution in [2.24, 2.45) is 0 Å². The van der Waals surface area contributed by atoms with Gasteiger partial charge in [0.05, 0.1) is 5.75 Å².